The molecule has 0 saturated carbocycles. The molecule has 0 aliphatic heterocycles. The molecule has 0 nitrogen and oxygen atoms in total. The third-order valence-electron chi connectivity index (χ3n) is 1.72. The summed E-state index contributed by atoms with van der Waals surface area (Å²) in [6, 6.07) is 6.68. The summed E-state index contributed by atoms with van der Waals surface area (Å²) in [4.78, 5) is 0. The van der Waals surface area contributed by atoms with E-state index in [0.717, 1.165) is 0 Å². The summed E-state index contributed by atoms with van der Waals surface area (Å²) in [7, 11) is 0. The van der Waals surface area contributed by atoms with Crippen LogP contribution >= 0.6 is 0 Å². The Morgan fingerprint density at radius 3 is 2.50 bits per heavy atom. The quantitative estimate of drug-likeness (QED) is 0.654. The van der Waals surface area contributed by atoms with Crippen LogP contribution < -0.4 is 0 Å². The molecular formula is C9H12Sn. The van der Waals surface area contributed by atoms with Gasteiger partial charge >= 0.3 is 75.7 Å². The summed E-state index contributed by atoms with van der Waals surface area (Å²) in [6.45, 7) is 4.34. The molecule has 0 fully saturated rings. The molecule has 0 unspecified atom stereocenters. The van der Waals surface area contributed by atoms with Gasteiger partial charge in [0.25, 0.3) is 0 Å². The van der Waals surface area contributed by atoms with Crippen molar-refractivity contribution in [3.63, 3.8) is 0 Å². The van der Waals surface area contributed by atoms with Crippen LogP contribution in [0.4, 0.5) is 0 Å². The van der Waals surface area contributed by atoms with Gasteiger partial charge in [-0.1, -0.05) is 0 Å². The van der Waals surface area contributed by atoms with Crippen molar-refractivity contribution in [2.75, 3.05) is 0 Å². The Kier molecular flexibility index (Phi) is 2.78. The van der Waals surface area contributed by atoms with Gasteiger partial charge in [0.1, 0.15) is 0 Å². The van der Waals surface area contributed by atoms with Crippen LogP contribution in [-0.2, 0) is 4.44 Å². The monoisotopic (exact) mass is 240 g/mol. The van der Waals surface area contributed by atoms with E-state index in [1.807, 2.05) is 0 Å². The maximum absolute atomic E-state index is 2.29. The molecule has 0 heterocycles. The van der Waals surface area contributed by atoms with E-state index < -0.39 is 0 Å². The second-order valence-electron chi connectivity index (χ2n) is 2.63. The summed E-state index contributed by atoms with van der Waals surface area (Å²) in [6.07, 6.45) is 0. The average Bonchev–Trinajstić information content (AvgIpc) is 1.94. The predicted octanol–water partition coefficient (Wildman–Crippen LogP) is 1.70. The number of aryl methyl sites for hydroxylation is 2. The van der Waals surface area contributed by atoms with Gasteiger partial charge in [-0.3, -0.25) is 0 Å². The van der Waals surface area contributed by atoms with Gasteiger partial charge in [-0.15, -0.1) is 0 Å². The first kappa shape index (κ1) is 8.12. The topological polar surface area (TPSA) is 0 Å². The van der Waals surface area contributed by atoms with Crippen LogP contribution in [0.15, 0.2) is 18.2 Å². The zero-order chi connectivity index (χ0) is 7.56. The van der Waals surface area contributed by atoms with Crippen LogP contribution in [-0.4, -0.2) is 22.5 Å². The van der Waals surface area contributed by atoms with E-state index in [-0.39, 0.29) is 0 Å². The van der Waals surface area contributed by atoms with Crippen molar-refractivity contribution < 1.29 is 0 Å². The van der Waals surface area contributed by atoms with Gasteiger partial charge in [0.2, 0.25) is 0 Å². The molecule has 1 heteroatoms. The minimum atomic E-state index is 1.28. The molecule has 0 N–H and O–H groups in total. The van der Waals surface area contributed by atoms with E-state index >= 15 is 0 Å². The first-order valence-electron chi connectivity index (χ1n) is 3.50. The van der Waals surface area contributed by atoms with Gasteiger partial charge in [0, 0.05) is 0 Å². The Morgan fingerprint density at radius 2 is 2.00 bits per heavy atom. The summed E-state index contributed by atoms with van der Waals surface area (Å²) in [5.41, 5.74) is 4.36. The Morgan fingerprint density at radius 1 is 1.30 bits per heavy atom. The van der Waals surface area contributed by atoms with Crippen LogP contribution in [0.3, 0.4) is 0 Å². The molecule has 2 radical (unpaired) electrons. The van der Waals surface area contributed by atoms with E-state index in [1.165, 1.54) is 43.7 Å². The standard InChI is InChI=1S/C9H11.Sn.H/c1-7-4-5-8(2)9(3)6-7;;/h4-6H,3H2,1-2H3;;. The summed E-state index contributed by atoms with van der Waals surface area (Å²) in [5, 5.41) is 0. The molecule has 0 saturated heterocycles. The van der Waals surface area contributed by atoms with E-state index in [4.69, 9.17) is 0 Å². The van der Waals surface area contributed by atoms with Gasteiger partial charge in [-0.05, 0) is 0 Å². The molecule has 1 rings (SSSR count). The van der Waals surface area contributed by atoms with Gasteiger partial charge in [0.05, 0.1) is 0 Å². The second-order valence-corrected chi connectivity index (χ2v) is 3.80. The molecule has 10 heavy (non-hydrogen) atoms. The first-order valence-corrected chi connectivity index (χ1v) is 5.83. The first-order chi connectivity index (χ1) is 4.74. The van der Waals surface area contributed by atoms with Crippen molar-refractivity contribution >= 4 is 22.5 Å². The van der Waals surface area contributed by atoms with Gasteiger partial charge in [-0.2, -0.15) is 0 Å². The van der Waals surface area contributed by atoms with Crippen LogP contribution in [0.2, 0.25) is 0 Å². The fourth-order valence-corrected chi connectivity index (χ4v) is 2.28. The molecule has 0 atom stereocenters. The van der Waals surface area contributed by atoms with Crippen molar-refractivity contribution in [3.05, 3.63) is 34.9 Å². The Balaban J connectivity index is 3.09. The third-order valence-corrected chi connectivity index (χ3v) is 2.98. The Hall–Kier alpha value is 0.0187. The number of benzene rings is 1. The summed E-state index contributed by atoms with van der Waals surface area (Å²) < 4.78 is 1.28. The second kappa shape index (κ2) is 3.42. The molecule has 52 valence electrons. The van der Waals surface area contributed by atoms with Crippen LogP contribution in [0.1, 0.15) is 16.7 Å². The van der Waals surface area contributed by atoms with E-state index in [9.17, 15) is 0 Å². The maximum atomic E-state index is 2.29. The van der Waals surface area contributed by atoms with Crippen LogP contribution in [0.25, 0.3) is 0 Å². The van der Waals surface area contributed by atoms with E-state index in [2.05, 4.69) is 32.0 Å². The minimum absolute atomic E-state index is 1.28. The van der Waals surface area contributed by atoms with Crippen molar-refractivity contribution in [2.45, 2.75) is 18.3 Å². The number of hydrogen-bond donors (Lipinski definition) is 0. The molecule has 1 aromatic carbocycles. The van der Waals surface area contributed by atoms with Crippen molar-refractivity contribution in [1.29, 1.82) is 0 Å². The fourth-order valence-electron chi connectivity index (χ4n) is 1.02. The van der Waals surface area contributed by atoms with E-state index in [1.54, 1.807) is 0 Å². The fraction of sp³-hybridized carbons (Fsp3) is 0.333. The predicted molar refractivity (Wildman–Crippen MR) is 46.8 cm³/mol. The van der Waals surface area contributed by atoms with Crippen molar-refractivity contribution in [1.82, 2.24) is 0 Å². The SMILES string of the molecule is Cc1ccc(C)c([CH2][SnH])c1. The molecule has 0 aliphatic carbocycles. The Labute approximate surface area is 75.7 Å². The van der Waals surface area contributed by atoms with Crippen LogP contribution in [0, 0.1) is 13.8 Å². The van der Waals surface area contributed by atoms with Crippen molar-refractivity contribution in [2.24, 2.45) is 0 Å². The molecule has 0 aromatic heterocycles. The molecule has 0 amide bonds. The van der Waals surface area contributed by atoms with E-state index in [0.29, 0.717) is 0 Å². The van der Waals surface area contributed by atoms with Crippen LogP contribution in [0.5, 0.6) is 0 Å². The zero-order valence-electron chi connectivity index (χ0n) is 6.52. The zero-order valence-corrected chi connectivity index (χ0v) is 9.81. The van der Waals surface area contributed by atoms with Gasteiger partial charge < -0.3 is 0 Å². The number of rotatable bonds is 1. The number of hydrogen-bond acceptors (Lipinski definition) is 0. The third kappa shape index (κ3) is 1.75. The summed E-state index contributed by atoms with van der Waals surface area (Å²) in [5.74, 6) is 0. The molecule has 0 aliphatic rings. The van der Waals surface area contributed by atoms with Gasteiger partial charge in [0.15, 0.2) is 0 Å². The van der Waals surface area contributed by atoms with Crippen molar-refractivity contribution in [3.8, 4) is 0 Å². The molecular weight excluding hydrogens is 227 g/mol. The average molecular weight is 239 g/mol. The van der Waals surface area contributed by atoms with Gasteiger partial charge in [-0.25, -0.2) is 0 Å². The Bertz CT molecular complexity index is 228. The normalized spacial score (nSPS) is 9.90. The summed E-state index contributed by atoms with van der Waals surface area (Å²) >= 11 is 1.33. The molecule has 1 aromatic rings. The molecule has 0 bridgehead atoms. The molecule has 0 spiro atoms.